The van der Waals surface area contributed by atoms with Crippen LogP contribution in [0.3, 0.4) is 0 Å². The van der Waals surface area contributed by atoms with Gasteiger partial charge >= 0.3 is 0 Å². The fourth-order valence-electron chi connectivity index (χ4n) is 3.77. The lowest BCUT2D eigenvalue weighted by Gasteiger charge is -2.25. The molecule has 9 heteroatoms. The SMILES string of the molecule is Cc1nc(CN(C)C(=O)Cc2ccc(S(=O)(=O)N3CCCCC3)s2)nc2ccccc12. The van der Waals surface area contributed by atoms with E-state index < -0.39 is 10.0 Å². The highest BCUT2D eigenvalue weighted by molar-refractivity contribution is 7.91. The molecule has 7 nitrogen and oxygen atoms in total. The predicted octanol–water partition coefficient (Wildman–Crippen LogP) is 3.38. The third-order valence-electron chi connectivity index (χ3n) is 5.52. The Morgan fingerprint density at radius 3 is 2.61 bits per heavy atom. The maximum Gasteiger partial charge on any atom is 0.252 e. The van der Waals surface area contributed by atoms with Crippen LogP contribution >= 0.6 is 11.3 Å². The first-order valence-corrected chi connectivity index (χ1v) is 12.7. The van der Waals surface area contributed by atoms with Crippen molar-refractivity contribution in [2.75, 3.05) is 20.1 Å². The van der Waals surface area contributed by atoms with Crippen molar-refractivity contribution in [3.63, 3.8) is 0 Å². The third-order valence-corrected chi connectivity index (χ3v) is 8.97. The van der Waals surface area contributed by atoms with E-state index in [1.165, 1.54) is 11.3 Å². The lowest BCUT2D eigenvalue weighted by atomic mass is 10.2. The minimum absolute atomic E-state index is 0.0989. The smallest absolute Gasteiger partial charge is 0.252 e. The van der Waals surface area contributed by atoms with E-state index in [1.54, 1.807) is 28.4 Å². The first-order valence-electron chi connectivity index (χ1n) is 10.4. The van der Waals surface area contributed by atoms with Crippen LogP contribution in [0.15, 0.2) is 40.6 Å². The highest BCUT2D eigenvalue weighted by atomic mass is 32.2. The number of hydrogen-bond donors (Lipinski definition) is 0. The van der Waals surface area contributed by atoms with Crippen LogP contribution in [0.25, 0.3) is 10.9 Å². The molecule has 31 heavy (non-hydrogen) atoms. The fourth-order valence-corrected chi connectivity index (χ4v) is 6.79. The Morgan fingerprint density at radius 1 is 1.10 bits per heavy atom. The van der Waals surface area contributed by atoms with Crippen LogP contribution in [0.5, 0.6) is 0 Å². The number of benzene rings is 1. The lowest BCUT2D eigenvalue weighted by molar-refractivity contribution is -0.129. The highest BCUT2D eigenvalue weighted by Crippen LogP contribution is 2.27. The van der Waals surface area contributed by atoms with Gasteiger partial charge in [0.15, 0.2) is 0 Å². The Kier molecular flexibility index (Phi) is 6.36. The standard InChI is InChI=1S/C22H26N4O3S2/c1-16-18-8-4-5-9-19(18)24-20(23-16)15-25(2)21(27)14-17-10-11-22(30-17)31(28,29)26-12-6-3-7-13-26/h4-5,8-11H,3,6-7,12-15H2,1-2H3. The second kappa shape index (κ2) is 9.02. The number of fused-ring (bicyclic) bond motifs is 1. The summed E-state index contributed by atoms with van der Waals surface area (Å²) in [5.74, 6) is 0.491. The molecule has 4 rings (SSSR count). The molecule has 0 atom stereocenters. The maximum absolute atomic E-state index is 12.8. The summed E-state index contributed by atoms with van der Waals surface area (Å²) in [6.07, 6.45) is 3.03. The molecule has 0 bridgehead atoms. The van der Waals surface area contributed by atoms with Gasteiger partial charge in [-0.1, -0.05) is 24.6 Å². The van der Waals surface area contributed by atoms with Gasteiger partial charge in [0.1, 0.15) is 10.0 Å². The van der Waals surface area contributed by atoms with Crippen LogP contribution in [0.1, 0.15) is 35.7 Å². The minimum Gasteiger partial charge on any atom is -0.338 e. The summed E-state index contributed by atoms with van der Waals surface area (Å²) in [6.45, 7) is 3.38. The van der Waals surface area contributed by atoms with E-state index >= 15 is 0 Å². The summed E-state index contributed by atoms with van der Waals surface area (Å²) in [6, 6.07) is 11.2. The molecule has 2 aromatic heterocycles. The summed E-state index contributed by atoms with van der Waals surface area (Å²) < 4.78 is 27.5. The molecule has 0 saturated carbocycles. The number of nitrogens with zero attached hydrogens (tertiary/aromatic N) is 4. The Bertz CT molecular complexity index is 1200. The van der Waals surface area contributed by atoms with E-state index in [4.69, 9.17) is 0 Å². The number of para-hydroxylation sites is 1. The Labute approximate surface area is 186 Å². The number of sulfonamides is 1. The van der Waals surface area contributed by atoms with Gasteiger partial charge in [0.2, 0.25) is 5.91 Å². The molecule has 1 saturated heterocycles. The molecule has 1 fully saturated rings. The first-order chi connectivity index (χ1) is 14.8. The lowest BCUT2D eigenvalue weighted by Crippen LogP contribution is -2.35. The van der Waals surface area contributed by atoms with Crippen LogP contribution in [0, 0.1) is 6.92 Å². The van der Waals surface area contributed by atoms with E-state index in [9.17, 15) is 13.2 Å². The Hall–Kier alpha value is -2.36. The van der Waals surface area contributed by atoms with Crippen LogP contribution in [0.2, 0.25) is 0 Å². The monoisotopic (exact) mass is 458 g/mol. The highest BCUT2D eigenvalue weighted by Gasteiger charge is 2.27. The summed E-state index contributed by atoms with van der Waals surface area (Å²) >= 11 is 1.18. The molecule has 0 radical (unpaired) electrons. The van der Waals surface area contributed by atoms with Gasteiger partial charge in [-0.15, -0.1) is 11.3 Å². The van der Waals surface area contributed by atoms with Crippen molar-refractivity contribution in [2.45, 2.75) is 43.4 Å². The van der Waals surface area contributed by atoms with Crippen molar-refractivity contribution < 1.29 is 13.2 Å². The average molecular weight is 459 g/mol. The van der Waals surface area contributed by atoms with Gasteiger partial charge in [0.25, 0.3) is 10.0 Å². The molecule has 0 spiro atoms. The van der Waals surface area contributed by atoms with Crippen molar-refractivity contribution in [3.8, 4) is 0 Å². The van der Waals surface area contributed by atoms with Crippen molar-refractivity contribution in [1.82, 2.24) is 19.2 Å². The molecular weight excluding hydrogens is 432 g/mol. The van der Waals surface area contributed by atoms with E-state index in [2.05, 4.69) is 9.97 Å². The number of thiophene rings is 1. The van der Waals surface area contributed by atoms with E-state index in [0.717, 1.165) is 40.7 Å². The van der Waals surface area contributed by atoms with Gasteiger partial charge in [-0.2, -0.15) is 4.31 Å². The Balaban J connectivity index is 1.43. The van der Waals surface area contributed by atoms with Crippen LogP contribution in [0.4, 0.5) is 0 Å². The minimum atomic E-state index is -3.46. The zero-order valence-corrected chi connectivity index (χ0v) is 19.4. The van der Waals surface area contributed by atoms with E-state index in [-0.39, 0.29) is 12.3 Å². The number of hydrogen-bond acceptors (Lipinski definition) is 6. The molecule has 3 aromatic rings. The van der Waals surface area contributed by atoms with Gasteiger partial charge in [-0.3, -0.25) is 4.79 Å². The Morgan fingerprint density at radius 2 is 1.84 bits per heavy atom. The van der Waals surface area contributed by atoms with Crippen molar-refractivity contribution >= 4 is 38.2 Å². The second-order valence-corrected chi connectivity index (χ2v) is 11.2. The van der Waals surface area contributed by atoms with Gasteiger partial charge in [0.05, 0.1) is 18.5 Å². The molecule has 0 N–H and O–H groups in total. The fraction of sp³-hybridized carbons (Fsp3) is 0.409. The molecule has 1 aliphatic rings. The number of rotatable bonds is 6. The zero-order valence-electron chi connectivity index (χ0n) is 17.7. The molecule has 164 valence electrons. The number of likely N-dealkylation sites (N-methyl/N-ethyl adjacent to an activating group) is 1. The molecule has 1 aliphatic heterocycles. The topological polar surface area (TPSA) is 83.5 Å². The molecule has 0 unspecified atom stereocenters. The normalized spacial score (nSPS) is 15.3. The van der Waals surface area contributed by atoms with Gasteiger partial charge < -0.3 is 4.90 Å². The molecule has 0 aliphatic carbocycles. The average Bonchev–Trinajstić information content (AvgIpc) is 3.24. The first kappa shape index (κ1) is 21.9. The number of carbonyl (C=O) groups excluding carboxylic acids is 1. The number of aromatic nitrogens is 2. The summed E-state index contributed by atoms with van der Waals surface area (Å²) in [5, 5.41) is 1.00. The summed E-state index contributed by atoms with van der Waals surface area (Å²) in [5.41, 5.74) is 1.74. The van der Waals surface area contributed by atoms with E-state index in [0.29, 0.717) is 29.7 Å². The number of piperidine rings is 1. The summed E-state index contributed by atoms with van der Waals surface area (Å²) in [7, 11) is -1.75. The number of aryl methyl sites for hydroxylation is 1. The molecule has 3 heterocycles. The van der Waals surface area contributed by atoms with Crippen molar-refractivity contribution in [2.24, 2.45) is 0 Å². The van der Waals surface area contributed by atoms with Crippen LogP contribution < -0.4 is 0 Å². The van der Waals surface area contributed by atoms with Crippen molar-refractivity contribution in [3.05, 3.63) is 52.8 Å². The predicted molar refractivity (Wildman–Crippen MR) is 121 cm³/mol. The molecular formula is C22H26N4O3S2. The van der Waals surface area contributed by atoms with Crippen molar-refractivity contribution in [1.29, 1.82) is 0 Å². The van der Waals surface area contributed by atoms with E-state index in [1.807, 2.05) is 31.2 Å². The quantitative estimate of drug-likeness (QED) is 0.566. The van der Waals surface area contributed by atoms with Gasteiger partial charge in [0, 0.05) is 36.1 Å². The maximum atomic E-state index is 12.8. The van der Waals surface area contributed by atoms with Crippen LogP contribution in [-0.4, -0.2) is 53.6 Å². The number of carbonyl (C=O) groups is 1. The molecule has 1 aromatic carbocycles. The molecule has 1 amide bonds. The largest absolute Gasteiger partial charge is 0.338 e. The number of amides is 1. The third kappa shape index (κ3) is 4.78. The van der Waals surface area contributed by atoms with Crippen LogP contribution in [-0.2, 0) is 27.8 Å². The second-order valence-electron chi connectivity index (χ2n) is 7.85. The summed E-state index contributed by atoms with van der Waals surface area (Å²) in [4.78, 5) is 24.2. The van der Waals surface area contributed by atoms with Gasteiger partial charge in [-0.25, -0.2) is 18.4 Å². The zero-order chi connectivity index (χ0) is 22.0. The van der Waals surface area contributed by atoms with Gasteiger partial charge in [-0.05, 0) is 38.0 Å².